The van der Waals surface area contributed by atoms with Crippen LogP contribution in [0.4, 0.5) is 5.69 Å². The minimum Gasteiger partial charge on any atom is -0.374 e. The molecular formula is C17H27N3O2S. The van der Waals surface area contributed by atoms with Gasteiger partial charge in [0.1, 0.15) is 0 Å². The third-order valence-electron chi connectivity index (χ3n) is 5.30. The topological polar surface area (TPSA) is 52.6 Å². The second kappa shape index (κ2) is 6.79. The van der Waals surface area contributed by atoms with Gasteiger partial charge < -0.3 is 4.90 Å². The molecule has 3 fully saturated rings. The van der Waals surface area contributed by atoms with Crippen LogP contribution >= 0.6 is 0 Å². The fourth-order valence-electron chi connectivity index (χ4n) is 4.06. The van der Waals surface area contributed by atoms with Crippen LogP contribution in [0.25, 0.3) is 0 Å². The Kier molecular flexibility index (Phi) is 4.94. The van der Waals surface area contributed by atoms with Crippen LogP contribution in [0.3, 0.4) is 0 Å². The number of anilines is 1. The maximum Gasteiger partial charge on any atom is 0.208 e. The van der Waals surface area contributed by atoms with Gasteiger partial charge in [-0.15, -0.1) is 0 Å². The number of benzene rings is 1. The second-order valence-corrected chi connectivity index (χ2v) is 8.86. The molecule has 0 aromatic heterocycles. The number of hydrogen-bond donors (Lipinski definition) is 1. The van der Waals surface area contributed by atoms with Crippen LogP contribution in [0, 0.1) is 11.8 Å². The molecular weight excluding hydrogens is 310 g/mol. The molecule has 0 spiro atoms. The average Bonchev–Trinajstić information content (AvgIpc) is 2.54. The van der Waals surface area contributed by atoms with E-state index < -0.39 is 10.0 Å². The van der Waals surface area contributed by atoms with Crippen molar-refractivity contribution in [3.8, 4) is 0 Å². The molecule has 3 heterocycles. The number of fused-ring (bicyclic) bond motifs is 3. The smallest absolute Gasteiger partial charge is 0.208 e. The molecule has 23 heavy (non-hydrogen) atoms. The minimum absolute atomic E-state index is 0.363. The highest BCUT2D eigenvalue weighted by atomic mass is 32.2. The summed E-state index contributed by atoms with van der Waals surface area (Å²) in [7, 11) is -0.931. The zero-order valence-corrected chi connectivity index (χ0v) is 14.8. The molecule has 1 N–H and O–H groups in total. The Morgan fingerprint density at radius 2 is 2.04 bits per heavy atom. The number of nitrogens with one attached hydrogen (secondary N) is 1. The van der Waals surface area contributed by atoms with Gasteiger partial charge in [0.05, 0.1) is 6.26 Å². The van der Waals surface area contributed by atoms with Crippen LogP contribution in [0.1, 0.15) is 12.8 Å². The lowest BCUT2D eigenvalue weighted by molar-refractivity contribution is 0.00694. The molecule has 4 rings (SSSR count). The van der Waals surface area contributed by atoms with Crippen LogP contribution in [0.15, 0.2) is 30.3 Å². The lowest BCUT2D eigenvalue weighted by Crippen LogP contribution is -2.58. The van der Waals surface area contributed by atoms with E-state index in [2.05, 4.69) is 45.8 Å². The van der Waals surface area contributed by atoms with E-state index in [0.29, 0.717) is 24.4 Å². The average molecular weight is 337 g/mol. The van der Waals surface area contributed by atoms with Crippen molar-refractivity contribution in [2.24, 2.45) is 11.8 Å². The second-order valence-electron chi connectivity index (χ2n) is 7.03. The predicted octanol–water partition coefficient (Wildman–Crippen LogP) is 1.38. The molecule has 0 amide bonds. The minimum atomic E-state index is -3.09. The van der Waals surface area contributed by atoms with Crippen molar-refractivity contribution >= 4 is 15.7 Å². The molecule has 1 aromatic carbocycles. The van der Waals surface area contributed by atoms with Gasteiger partial charge in [-0.3, -0.25) is 4.90 Å². The predicted molar refractivity (Wildman–Crippen MR) is 94.1 cm³/mol. The molecule has 4 unspecified atom stereocenters. The summed E-state index contributed by atoms with van der Waals surface area (Å²) in [6.07, 6.45) is 3.58. The number of hydrogen-bond acceptors (Lipinski definition) is 4. The molecule has 3 aliphatic heterocycles. The zero-order chi connectivity index (χ0) is 16.4. The summed E-state index contributed by atoms with van der Waals surface area (Å²) in [5.41, 5.74) is 1.26. The lowest BCUT2D eigenvalue weighted by Gasteiger charge is -2.50. The highest BCUT2D eigenvalue weighted by Crippen LogP contribution is 2.36. The number of sulfonamides is 1. The first-order chi connectivity index (χ1) is 10.9. The van der Waals surface area contributed by atoms with E-state index in [-0.39, 0.29) is 0 Å². The van der Waals surface area contributed by atoms with Crippen LogP contribution in [-0.2, 0) is 10.0 Å². The standard InChI is InChI=1S/C17H27N3O2S/c1-19(16-6-4-3-5-7-16)12-15-13-20-9-8-14(15)10-17(20)11-18-23(2,21)22/h3-7,14-15,17-18H,8-13H2,1-2H3. The van der Waals surface area contributed by atoms with Gasteiger partial charge in [-0.05, 0) is 43.4 Å². The highest BCUT2D eigenvalue weighted by molar-refractivity contribution is 7.88. The summed E-state index contributed by atoms with van der Waals surface area (Å²) in [6, 6.07) is 10.9. The molecule has 0 saturated carbocycles. The Hall–Kier alpha value is -1.11. The molecule has 4 atom stereocenters. The molecule has 6 heteroatoms. The van der Waals surface area contributed by atoms with E-state index in [1.807, 2.05) is 6.07 Å². The van der Waals surface area contributed by atoms with Crippen molar-refractivity contribution in [1.82, 2.24) is 9.62 Å². The summed E-state index contributed by atoms with van der Waals surface area (Å²) >= 11 is 0. The summed E-state index contributed by atoms with van der Waals surface area (Å²) in [5.74, 6) is 1.38. The largest absolute Gasteiger partial charge is 0.374 e. The Labute approximate surface area is 139 Å². The van der Waals surface area contributed by atoms with Gasteiger partial charge in [0.25, 0.3) is 0 Å². The van der Waals surface area contributed by atoms with E-state index in [1.54, 1.807) is 0 Å². The fraction of sp³-hybridized carbons (Fsp3) is 0.647. The maximum atomic E-state index is 11.3. The van der Waals surface area contributed by atoms with Gasteiger partial charge in [-0.1, -0.05) is 18.2 Å². The van der Waals surface area contributed by atoms with Crippen molar-refractivity contribution in [2.75, 3.05) is 44.4 Å². The van der Waals surface area contributed by atoms with Crippen LogP contribution in [-0.4, -0.2) is 58.8 Å². The monoisotopic (exact) mass is 337 g/mol. The quantitative estimate of drug-likeness (QED) is 0.852. The third kappa shape index (κ3) is 4.25. The first-order valence-electron chi connectivity index (χ1n) is 8.37. The van der Waals surface area contributed by atoms with E-state index in [9.17, 15) is 8.42 Å². The first-order valence-corrected chi connectivity index (χ1v) is 10.3. The van der Waals surface area contributed by atoms with Crippen molar-refractivity contribution < 1.29 is 8.42 Å². The van der Waals surface area contributed by atoms with Crippen LogP contribution in [0.5, 0.6) is 0 Å². The van der Waals surface area contributed by atoms with Crippen LogP contribution in [0.2, 0.25) is 0 Å². The summed E-state index contributed by atoms with van der Waals surface area (Å²) < 4.78 is 25.3. The van der Waals surface area contributed by atoms with Gasteiger partial charge in [-0.2, -0.15) is 0 Å². The maximum absolute atomic E-state index is 11.3. The molecule has 3 saturated heterocycles. The Balaban J connectivity index is 1.57. The van der Waals surface area contributed by atoms with E-state index in [1.165, 1.54) is 18.4 Å². The Bertz CT molecular complexity index is 620. The van der Waals surface area contributed by atoms with Gasteiger partial charge >= 0.3 is 0 Å². The number of rotatable bonds is 6. The van der Waals surface area contributed by atoms with Gasteiger partial charge in [-0.25, -0.2) is 13.1 Å². The van der Waals surface area contributed by atoms with Crippen LogP contribution < -0.4 is 9.62 Å². The van der Waals surface area contributed by atoms with E-state index in [0.717, 1.165) is 26.1 Å². The van der Waals surface area contributed by atoms with E-state index in [4.69, 9.17) is 0 Å². The highest BCUT2D eigenvalue weighted by Gasteiger charge is 2.40. The fourth-order valence-corrected chi connectivity index (χ4v) is 4.55. The summed E-state index contributed by atoms with van der Waals surface area (Å²) in [5, 5.41) is 0. The molecule has 0 aliphatic carbocycles. The number of para-hydroxylation sites is 1. The summed E-state index contributed by atoms with van der Waals surface area (Å²) in [6.45, 7) is 3.80. The van der Waals surface area contributed by atoms with Crippen molar-refractivity contribution in [1.29, 1.82) is 0 Å². The van der Waals surface area contributed by atoms with Crippen molar-refractivity contribution in [3.63, 3.8) is 0 Å². The van der Waals surface area contributed by atoms with Crippen molar-refractivity contribution in [2.45, 2.75) is 18.9 Å². The Morgan fingerprint density at radius 3 is 2.65 bits per heavy atom. The lowest BCUT2D eigenvalue weighted by atomic mass is 9.75. The molecule has 3 aliphatic rings. The van der Waals surface area contributed by atoms with Gasteiger partial charge in [0, 0.05) is 38.4 Å². The van der Waals surface area contributed by atoms with Gasteiger partial charge in [0.15, 0.2) is 0 Å². The molecule has 128 valence electrons. The molecule has 1 aromatic rings. The Morgan fingerprint density at radius 1 is 1.30 bits per heavy atom. The van der Waals surface area contributed by atoms with Gasteiger partial charge in [0.2, 0.25) is 10.0 Å². The zero-order valence-electron chi connectivity index (χ0n) is 14.0. The first kappa shape index (κ1) is 16.7. The number of piperidine rings is 3. The summed E-state index contributed by atoms with van der Waals surface area (Å²) in [4.78, 5) is 4.82. The van der Waals surface area contributed by atoms with Crippen molar-refractivity contribution in [3.05, 3.63) is 30.3 Å². The third-order valence-corrected chi connectivity index (χ3v) is 5.99. The molecule has 5 nitrogen and oxygen atoms in total. The normalized spacial score (nSPS) is 30.3. The molecule has 2 bridgehead atoms. The molecule has 0 radical (unpaired) electrons. The SMILES string of the molecule is CN(CC1CN2CCC1CC2CNS(C)(=O)=O)c1ccccc1. The number of nitrogens with zero attached hydrogens (tertiary/aromatic N) is 2. The van der Waals surface area contributed by atoms with E-state index >= 15 is 0 Å².